The van der Waals surface area contributed by atoms with Crippen molar-refractivity contribution in [1.29, 1.82) is 0 Å². The summed E-state index contributed by atoms with van der Waals surface area (Å²) in [7, 11) is 2.68. The SMILES string of the molecule is CO/C=C(\C(=O)OC)c1ccccc1OC(=S)NC(=O)c1ccccc1. The Morgan fingerprint density at radius 3 is 2.31 bits per heavy atom. The second kappa shape index (κ2) is 9.33. The first-order chi connectivity index (χ1) is 12.6. The Hall–Kier alpha value is -3.19. The predicted octanol–water partition coefficient (Wildman–Crippen LogP) is 2.94. The zero-order valence-electron chi connectivity index (χ0n) is 14.2. The van der Waals surface area contributed by atoms with Gasteiger partial charge in [0.1, 0.15) is 11.3 Å². The molecule has 0 spiro atoms. The molecule has 2 aromatic carbocycles. The third-order valence-corrected chi connectivity index (χ3v) is 3.46. The lowest BCUT2D eigenvalue weighted by atomic mass is 10.1. The van der Waals surface area contributed by atoms with Crippen LogP contribution in [0.25, 0.3) is 5.57 Å². The van der Waals surface area contributed by atoms with Crippen LogP contribution in [0, 0.1) is 0 Å². The molecular weight excluding hydrogens is 354 g/mol. The van der Waals surface area contributed by atoms with Gasteiger partial charge in [-0.2, -0.15) is 0 Å². The van der Waals surface area contributed by atoms with Crippen molar-refractivity contribution in [1.82, 2.24) is 5.32 Å². The summed E-state index contributed by atoms with van der Waals surface area (Å²) in [6, 6.07) is 15.3. The maximum absolute atomic E-state index is 12.1. The van der Waals surface area contributed by atoms with Crippen LogP contribution < -0.4 is 10.1 Å². The quantitative estimate of drug-likeness (QED) is 0.377. The fourth-order valence-corrected chi connectivity index (χ4v) is 2.29. The zero-order chi connectivity index (χ0) is 18.9. The molecule has 0 fully saturated rings. The fraction of sp³-hybridized carbons (Fsp3) is 0.105. The van der Waals surface area contributed by atoms with E-state index in [1.807, 2.05) is 0 Å². The summed E-state index contributed by atoms with van der Waals surface area (Å²) in [5.41, 5.74) is 1.02. The first kappa shape index (κ1) is 19.1. The second-order valence-corrected chi connectivity index (χ2v) is 5.34. The van der Waals surface area contributed by atoms with Crippen LogP contribution in [0.3, 0.4) is 0 Å². The van der Waals surface area contributed by atoms with Gasteiger partial charge >= 0.3 is 5.97 Å². The van der Waals surface area contributed by atoms with Crippen molar-refractivity contribution in [3.8, 4) is 5.75 Å². The number of nitrogens with one attached hydrogen (secondary N) is 1. The van der Waals surface area contributed by atoms with E-state index in [1.165, 1.54) is 20.5 Å². The van der Waals surface area contributed by atoms with Crippen LogP contribution >= 0.6 is 12.2 Å². The van der Waals surface area contributed by atoms with Crippen molar-refractivity contribution >= 4 is 34.8 Å². The van der Waals surface area contributed by atoms with Crippen molar-refractivity contribution in [2.24, 2.45) is 0 Å². The number of ether oxygens (including phenoxy) is 3. The highest BCUT2D eigenvalue weighted by atomic mass is 32.1. The zero-order valence-corrected chi connectivity index (χ0v) is 15.0. The van der Waals surface area contributed by atoms with E-state index in [-0.39, 0.29) is 16.5 Å². The third kappa shape index (κ3) is 4.90. The number of carbonyl (C=O) groups excluding carboxylic acids is 2. The number of hydrogen-bond donors (Lipinski definition) is 1. The van der Waals surface area contributed by atoms with E-state index < -0.39 is 11.9 Å². The van der Waals surface area contributed by atoms with Gasteiger partial charge in [0.05, 0.1) is 20.5 Å². The van der Waals surface area contributed by atoms with Crippen molar-refractivity contribution in [2.75, 3.05) is 14.2 Å². The topological polar surface area (TPSA) is 73.9 Å². The Balaban J connectivity index is 2.19. The first-order valence-corrected chi connectivity index (χ1v) is 7.96. The highest BCUT2D eigenvalue weighted by molar-refractivity contribution is 7.80. The molecule has 26 heavy (non-hydrogen) atoms. The smallest absolute Gasteiger partial charge is 0.341 e. The van der Waals surface area contributed by atoms with E-state index in [2.05, 4.69) is 5.32 Å². The molecule has 0 heterocycles. The molecule has 0 bridgehead atoms. The average Bonchev–Trinajstić information content (AvgIpc) is 2.66. The third-order valence-electron chi connectivity index (χ3n) is 3.27. The number of hydrogen-bond acceptors (Lipinski definition) is 6. The molecule has 1 N–H and O–H groups in total. The molecule has 0 saturated carbocycles. The Bertz CT molecular complexity index is 833. The molecule has 134 valence electrons. The molecule has 6 nitrogen and oxygen atoms in total. The molecule has 0 aromatic heterocycles. The van der Waals surface area contributed by atoms with E-state index in [1.54, 1.807) is 54.6 Å². The Labute approximate surface area is 156 Å². The lowest BCUT2D eigenvalue weighted by molar-refractivity contribution is -0.133. The molecule has 2 aromatic rings. The molecule has 0 unspecified atom stereocenters. The molecule has 0 radical (unpaired) electrons. The van der Waals surface area contributed by atoms with Crippen LogP contribution in [0.15, 0.2) is 60.9 Å². The van der Waals surface area contributed by atoms with Gasteiger partial charge in [0.25, 0.3) is 11.1 Å². The lowest BCUT2D eigenvalue weighted by Gasteiger charge is -2.13. The molecule has 0 saturated heterocycles. The fourth-order valence-electron chi connectivity index (χ4n) is 2.11. The van der Waals surface area contributed by atoms with Crippen LogP contribution in [0.2, 0.25) is 0 Å². The summed E-state index contributed by atoms with van der Waals surface area (Å²) in [5.74, 6) is -0.713. The molecule has 7 heteroatoms. The van der Waals surface area contributed by atoms with Crippen LogP contribution in [0.4, 0.5) is 0 Å². The number of methoxy groups -OCH3 is 2. The number of amides is 1. The van der Waals surface area contributed by atoms with Crippen molar-refractivity contribution in [2.45, 2.75) is 0 Å². The number of para-hydroxylation sites is 1. The maximum Gasteiger partial charge on any atom is 0.341 e. The van der Waals surface area contributed by atoms with Crippen LogP contribution in [-0.4, -0.2) is 31.3 Å². The Kier molecular flexibility index (Phi) is 6.87. The number of thiocarbonyl (C=S) groups is 1. The summed E-state index contributed by atoms with van der Waals surface area (Å²) in [6.07, 6.45) is 1.25. The van der Waals surface area contributed by atoms with Gasteiger partial charge in [-0.05, 0) is 30.4 Å². The first-order valence-electron chi connectivity index (χ1n) is 7.55. The lowest BCUT2D eigenvalue weighted by Crippen LogP contribution is -2.32. The van der Waals surface area contributed by atoms with E-state index >= 15 is 0 Å². The minimum Gasteiger partial charge on any atom is -0.503 e. The Morgan fingerprint density at radius 1 is 1.00 bits per heavy atom. The van der Waals surface area contributed by atoms with Crippen LogP contribution in [0.5, 0.6) is 5.75 Å². The molecule has 0 atom stereocenters. The van der Waals surface area contributed by atoms with E-state index in [4.69, 9.17) is 26.4 Å². The van der Waals surface area contributed by atoms with Gasteiger partial charge in [-0.3, -0.25) is 10.1 Å². The standard InChI is InChI=1S/C19H17NO5S/c1-23-12-15(18(22)24-2)14-10-6-7-11-16(14)25-19(26)20-17(21)13-8-4-3-5-9-13/h3-12H,1-2H3,(H,20,21,26)/b15-12-. The minimum absolute atomic E-state index is 0.145. The number of rotatable bonds is 5. The largest absolute Gasteiger partial charge is 0.503 e. The Morgan fingerprint density at radius 2 is 1.65 bits per heavy atom. The van der Waals surface area contributed by atoms with Crippen molar-refractivity contribution in [3.05, 3.63) is 72.0 Å². The molecule has 0 aliphatic rings. The minimum atomic E-state index is -0.595. The average molecular weight is 371 g/mol. The summed E-state index contributed by atoms with van der Waals surface area (Å²) >= 11 is 5.10. The molecule has 2 rings (SSSR count). The predicted molar refractivity (Wildman–Crippen MR) is 101 cm³/mol. The molecule has 0 aliphatic carbocycles. The monoisotopic (exact) mass is 371 g/mol. The van der Waals surface area contributed by atoms with Gasteiger partial charge in [0.2, 0.25) is 0 Å². The molecule has 0 aliphatic heterocycles. The normalized spacial score (nSPS) is 10.6. The maximum atomic E-state index is 12.1. The van der Waals surface area contributed by atoms with Crippen LogP contribution in [-0.2, 0) is 14.3 Å². The van der Waals surface area contributed by atoms with E-state index in [9.17, 15) is 9.59 Å². The van der Waals surface area contributed by atoms with Crippen molar-refractivity contribution in [3.63, 3.8) is 0 Å². The van der Waals surface area contributed by atoms with E-state index in [0.717, 1.165) is 0 Å². The van der Waals surface area contributed by atoms with Gasteiger partial charge in [0, 0.05) is 11.1 Å². The highest BCUT2D eigenvalue weighted by Gasteiger charge is 2.19. The summed E-state index contributed by atoms with van der Waals surface area (Å²) in [6.45, 7) is 0. The summed E-state index contributed by atoms with van der Waals surface area (Å²) < 4.78 is 15.3. The molecule has 1 amide bonds. The summed E-state index contributed by atoms with van der Waals surface area (Å²) in [4.78, 5) is 24.1. The summed E-state index contributed by atoms with van der Waals surface area (Å²) in [5, 5.41) is 2.34. The van der Waals surface area contributed by atoms with Crippen LogP contribution in [0.1, 0.15) is 15.9 Å². The highest BCUT2D eigenvalue weighted by Crippen LogP contribution is 2.27. The number of carbonyl (C=O) groups is 2. The van der Waals surface area contributed by atoms with Gasteiger partial charge in [-0.15, -0.1) is 0 Å². The number of esters is 1. The molecular formula is C19H17NO5S. The van der Waals surface area contributed by atoms with Gasteiger partial charge in [-0.1, -0.05) is 36.4 Å². The van der Waals surface area contributed by atoms with Gasteiger partial charge < -0.3 is 14.2 Å². The van der Waals surface area contributed by atoms with Gasteiger partial charge in [0.15, 0.2) is 0 Å². The second-order valence-electron chi connectivity index (χ2n) is 4.96. The van der Waals surface area contributed by atoms with Gasteiger partial charge in [-0.25, -0.2) is 4.79 Å². The van der Waals surface area contributed by atoms with Crippen molar-refractivity contribution < 1.29 is 23.8 Å². The van der Waals surface area contributed by atoms with E-state index in [0.29, 0.717) is 11.1 Å². The number of benzene rings is 2.